The molecule has 1 aliphatic heterocycles. The van der Waals surface area contributed by atoms with E-state index in [9.17, 15) is 9.90 Å². The first kappa shape index (κ1) is 14.8. The van der Waals surface area contributed by atoms with Crippen molar-refractivity contribution in [2.45, 2.75) is 32.0 Å². The minimum atomic E-state index is -0.982. The number of hydrogen-bond acceptors (Lipinski definition) is 4. The second-order valence-corrected chi connectivity index (χ2v) is 5.23. The van der Waals surface area contributed by atoms with Gasteiger partial charge in [0.2, 0.25) is 0 Å². The summed E-state index contributed by atoms with van der Waals surface area (Å²) in [5.41, 5.74) is 0.507. The molecule has 2 rings (SSSR count). The summed E-state index contributed by atoms with van der Waals surface area (Å²) >= 11 is 0. The molecule has 0 spiro atoms. The highest BCUT2D eigenvalue weighted by molar-refractivity contribution is 5.94. The second-order valence-electron chi connectivity index (χ2n) is 5.23. The van der Waals surface area contributed by atoms with Gasteiger partial charge in [-0.25, -0.2) is 0 Å². The summed E-state index contributed by atoms with van der Waals surface area (Å²) in [6.07, 6.45) is 0.265. The van der Waals surface area contributed by atoms with Crippen molar-refractivity contribution in [2.24, 2.45) is 0 Å². The van der Waals surface area contributed by atoms with Gasteiger partial charge in [-0.15, -0.1) is 0 Å². The summed E-state index contributed by atoms with van der Waals surface area (Å²) in [5, 5.41) is 13.1. The lowest BCUT2D eigenvalue weighted by atomic mass is 9.96. The zero-order chi connectivity index (χ0) is 14.8. The SMILES string of the molecule is COc1cc(C(=O)NCC2(O)CCOC2C)ccc1C. The molecule has 20 heavy (non-hydrogen) atoms. The minimum absolute atomic E-state index is 0.184. The van der Waals surface area contributed by atoms with E-state index in [-0.39, 0.29) is 18.6 Å². The van der Waals surface area contributed by atoms with Crippen LogP contribution in [-0.2, 0) is 4.74 Å². The van der Waals surface area contributed by atoms with Crippen LogP contribution in [0, 0.1) is 6.92 Å². The number of methoxy groups -OCH3 is 1. The average Bonchev–Trinajstić information content (AvgIpc) is 2.77. The van der Waals surface area contributed by atoms with Gasteiger partial charge in [-0.2, -0.15) is 0 Å². The number of aryl methyl sites for hydroxylation is 1. The van der Waals surface area contributed by atoms with Gasteiger partial charge in [0.15, 0.2) is 0 Å². The topological polar surface area (TPSA) is 67.8 Å². The molecule has 5 heteroatoms. The molecular weight excluding hydrogens is 258 g/mol. The molecule has 110 valence electrons. The van der Waals surface area contributed by atoms with Crippen molar-refractivity contribution in [1.29, 1.82) is 0 Å². The summed E-state index contributed by atoms with van der Waals surface area (Å²) in [5.74, 6) is 0.449. The Hall–Kier alpha value is -1.59. The van der Waals surface area contributed by atoms with Crippen molar-refractivity contribution in [3.05, 3.63) is 29.3 Å². The van der Waals surface area contributed by atoms with E-state index in [0.717, 1.165) is 5.56 Å². The molecule has 1 fully saturated rings. The molecule has 5 nitrogen and oxygen atoms in total. The third-order valence-electron chi connectivity index (χ3n) is 3.88. The molecule has 1 saturated heterocycles. The van der Waals surface area contributed by atoms with Crippen molar-refractivity contribution >= 4 is 5.91 Å². The highest BCUT2D eigenvalue weighted by atomic mass is 16.5. The number of ether oxygens (including phenoxy) is 2. The Balaban J connectivity index is 2.02. The first-order valence-electron chi connectivity index (χ1n) is 6.73. The molecule has 0 aliphatic carbocycles. The molecule has 1 heterocycles. The smallest absolute Gasteiger partial charge is 0.251 e. The maximum atomic E-state index is 12.1. The minimum Gasteiger partial charge on any atom is -0.496 e. The first-order valence-corrected chi connectivity index (χ1v) is 6.73. The second kappa shape index (κ2) is 5.81. The average molecular weight is 279 g/mol. The van der Waals surface area contributed by atoms with Crippen molar-refractivity contribution in [3.63, 3.8) is 0 Å². The quantitative estimate of drug-likeness (QED) is 0.871. The number of amides is 1. The van der Waals surface area contributed by atoms with Crippen LogP contribution >= 0.6 is 0 Å². The Morgan fingerprint density at radius 1 is 1.60 bits per heavy atom. The van der Waals surface area contributed by atoms with Gasteiger partial charge in [0.05, 0.1) is 13.2 Å². The fourth-order valence-corrected chi connectivity index (χ4v) is 2.30. The summed E-state index contributed by atoms with van der Waals surface area (Å²) < 4.78 is 10.5. The third kappa shape index (κ3) is 2.94. The number of nitrogens with one attached hydrogen (secondary N) is 1. The number of aliphatic hydroxyl groups is 1. The van der Waals surface area contributed by atoms with E-state index in [1.807, 2.05) is 19.9 Å². The summed E-state index contributed by atoms with van der Waals surface area (Å²) in [6, 6.07) is 5.28. The summed E-state index contributed by atoms with van der Waals surface area (Å²) in [7, 11) is 1.57. The lowest BCUT2D eigenvalue weighted by Crippen LogP contribution is -2.47. The van der Waals surface area contributed by atoms with E-state index in [1.54, 1.807) is 19.2 Å². The predicted molar refractivity (Wildman–Crippen MR) is 75.0 cm³/mol. The molecule has 0 aromatic heterocycles. The molecule has 1 aliphatic rings. The van der Waals surface area contributed by atoms with Gasteiger partial charge in [-0.3, -0.25) is 4.79 Å². The van der Waals surface area contributed by atoms with Crippen LogP contribution in [0.5, 0.6) is 5.75 Å². The Labute approximate surface area is 118 Å². The molecule has 0 radical (unpaired) electrons. The normalized spacial score (nSPS) is 25.5. The summed E-state index contributed by atoms with van der Waals surface area (Å²) in [4.78, 5) is 12.1. The molecule has 2 N–H and O–H groups in total. The van der Waals surface area contributed by atoms with E-state index in [4.69, 9.17) is 9.47 Å². The van der Waals surface area contributed by atoms with Gasteiger partial charge in [-0.1, -0.05) is 6.07 Å². The Morgan fingerprint density at radius 3 is 2.95 bits per heavy atom. The van der Waals surface area contributed by atoms with Gasteiger partial charge in [0.1, 0.15) is 11.4 Å². The number of rotatable bonds is 4. The Bertz CT molecular complexity index is 503. The predicted octanol–water partition coefficient (Wildman–Crippen LogP) is 1.27. The van der Waals surface area contributed by atoms with Crippen molar-refractivity contribution in [1.82, 2.24) is 5.32 Å². The van der Waals surface area contributed by atoms with E-state index in [2.05, 4.69) is 5.32 Å². The lowest BCUT2D eigenvalue weighted by Gasteiger charge is -2.26. The Morgan fingerprint density at radius 2 is 2.35 bits per heavy atom. The van der Waals surface area contributed by atoms with E-state index in [0.29, 0.717) is 24.3 Å². The van der Waals surface area contributed by atoms with Crippen LogP contribution in [0.15, 0.2) is 18.2 Å². The van der Waals surface area contributed by atoms with E-state index < -0.39 is 5.60 Å². The van der Waals surface area contributed by atoms with E-state index in [1.165, 1.54) is 0 Å². The van der Waals surface area contributed by atoms with Crippen molar-refractivity contribution in [2.75, 3.05) is 20.3 Å². The lowest BCUT2D eigenvalue weighted by molar-refractivity contribution is -0.0251. The standard InChI is InChI=1S/C15H21NO4/c1-10-4-5-12(8-13(10)19-3)14(17)16-9-15(18)6-7-20-11(15)2/h4-5,8,11,18H,6-7,9H2,1-3H3,(H,16,17). The van der Waals surface area contributed by atoms with Gasteiger partial charge in [0.25, 0.3) is 5.91 Å². The number of benzene rings is 1. The van der Waals surface area contributed by atoms with E-state index >= 15 is 0 Å². The zero-order valence-electron chi connectivity index (χ0n) is 12.1. The zero-order valence-corrected chi connectivity index (χ0v) is 12.1. The van der Waals surface area contributed by atoms with Gasteiger partial charge in [0, 0.05) is 25.1 Å². The van der Waals surface area contributed by atoms with Crippen LogP contribution in [0.3, 0.4) is 0 Å². The Kier molecular flexibility index (Phi) is 4.30. The highest BCUT2D eigenvalue weighted by Crippen LogP contribution is 2.25. The molecule has 0 saturated carbocycles. The molecule has 2 unspecified atom stereocenters. The molecule has 0 bridgehead atoms. The fourth-order valence-electron chi connectivity index (χ4n) is 2.30. The van der Waals surface area contributed by atoms with Gasteiger partial charge in [-0.05, 0) is 31.5 Å². The molecular formula is C15H21NO4. The van der Waals surface area contributed by atoms with Crippen molar-refractivity contribution < 1.29 is 19.4 Å². The van der Waals surface area contributed by atoms with Crippen LogP contribution in [0.1, 0.15) is 29.3 Å². The van der Waals surface area contributed by atoms with Crippen molar-refractivity contribution in [3.8, 4) is 5.75 Å². The third-order valence-corrected chi connectivity index (χ3v) is 3.88. The van der Waals surface area contributed by atoms with Crippen LogP contribution < -0.4 is 10.1 Å². The largest absolute Gasteiger partial charge is 0.496 e. The highest BCUT2D eigenvalue weighted by Gasteiger charge is 2.39. The van der Waals surface area contributed by atoms with Gasteiger partial charge < -0.3 is 19.9 Å². The molecule has 2 atom stereocenters. The number of carbonyl (C=O) groups excluding carboxylic acids is 1. The van der Waals surface area contributed by atoms with Crippen LogP contribution in [0.2, 0.25) is 0 Å². The van der Waals surface area contributed by atoms with Crippen LogP contribution in [0.25, 0.3) is 0 Å². The van der Waals surface area contributed by atoms with Crippen LogP contribution in [0.4, 0.5) is 0 Å². The monoisotopic (exact) mass is 279 g/mol. The summed E-state index contributed by atoms with van der Waals surface area (Å²) in [6.45, 7) is 4.43. The molecule has 1 aromatic carbocycles. The fraction of sp³-hybridized carbons (Fsp3) is 0.533. The van der Waals surface area contributed by atoms with Crippen LogP contribution in [-0.4, -0.2) is 43.0 Å². The maximum absolute atomic E-state index is 12.1. The first-order chi connectivity index (χ1) is 9.46. The maximum Gasteiger partial charge on any atom is 0.251 e. The molecule has 1 amide bonds. The number of carbonyl (C=O) groups is 1. The molecule has 1 aromatic rings. The van der Waals surface area contributed by atoms with Gasteiger partial charge >= 0.3 is 0 Å². The number of hydrogen-bond donors (Lipinski definition) is 2.